The number of nitroso groups, excluding NO2 is 1. The van der Waals surface area contributed by atoms with Gasteiger partial charge in [-0.1, -0.05) is 18.2 Å². The molecule has 0 aromatic heterocycles. The van der Waals surface area contributed by atoms with Crippen molar-refractivity contribution >= 4 is 23.0 Å². The van der Waals surface area contributed by atoms with Crippen molar-refractivity contribution in [2.75, 3.05) is 19.0 Å². The lowest BCUT2D eigenvalue weighted by atomic mass is 10.0. The van der Waals surface area contributed by atoms with Crippen LogP contribution in [0.2, 0.25) is 0 Å². The van der Waals surface area contributed by atoms with Gasteiger partial charge in [0.2, 0.25) is 0 Å². The van der Waals surface area contributed by atoms with Gasteiger partial charge in [-0.3, -0.25) is 0 Å². The van der Waals surface area contributed by atoms with Gasteiger partial charge < -0.3 is 10.0 Å². The van der Waals surface area contributed by atoms with E-state index in [0.717, 1.165) is 11.3 Å². The van der Waals surface area contributed by atoms with Crippen LogP contribution < -0.4 is 4.90 Å². The standard InChI is InChI=1S/C17H15N3O2/c1-20(2)15-6-4-13(5-7-15)14(11-18)9-12-3-8-16(19-22)17(21)10-12/h3-10,21H,1-2H3/b14-9+. The second kappa shape index (κ2) is 6.55. The highest BCUT2D eigenvalue weighted by molar-refractivity contribution is 5.90. The van der Waals surface area contributed by atoms with Crippen LogP contribution in [-0.4, -0.2) is 19.2 Å². The molecule has 2 aromatic carbocycles. The van der Waals surface area contributed by atoms with Gasteiger partial charge in [-0.15, -0.1) is 4.91 Å². The van der Waals surface area contributed by atoms with E-state index in [-0.39, 0.29) is 11.4 Å². The van der Waals surface area contributed by atoms with Gasteiger partial charge in [0, 0.05) is 19.8 Å². The van der Waals surface area contributed by atoms with E-state index >= 15 is 0 Å². The predicted molar refractivity (Wildman–Crippen MR) is 87.8 cm³/mol. The van der Waals surface area contributed by atoms with Gasteiger partial charge in [0.1, 0.15) is 11.4 Å². The summed E-state index contributed by atoms with van der Waals surface area (Å²) in [5, 5.41) is 21.7. The van der Waals surface area contributed by atoms with Gasteiger partial charge in [-0.25, -0.2) is 0 Å². The normalized spacial score (nSPS) is 10.9. The summed E-state index contributed by atoms with van der Waals surface area (Å²) < 4.78 is 0. The highest BCUT2D eigenvalue weighted by Crippen LogP contribution is 2.29. The van der Waals surface area contributed by atoms with Crippen LogP contribution in [0.3, 0.4) is 0 Å². The zero-order valence-corrected chi connectivity index (χ0v) is 12.3. The highest BCUT2D eigenvalue weighted by Gasteiger charge is 2.05. The summed E-state index contributed by atoms with van der Waals surface area (Å²) in [6.07, 6.45) is 1.65. The number of anilines is 1. The van der Waals surface area contributed by atoms with Crippen LogP contribution in [0, 0.1) is 16.2 Å². The molecular weight excluding hydrogens is 278 g/mol. The van der Waals surface area contributed by atoms with Gasteiger partial charge in [0.25, 0.3) is 0 Å². The van der Waals surface area contributed by atoms with Crippen molar-refractivity contribution in [2.45, 2.75) is 0 Å². The van der Waals surface area contributed by atoms with Gasteiger partial charge in [-0.2, -0.15) is 5.26 Å². The molecule has 5 heteroatoms. The van der Waals surface area contributed by atoms with E-state index in [4.69, 9.17) is 0 Å². The third kappa shape index (κ3) is 3.30. The van der Waals surface area contributed by atoms with E-state index < -0.39 is 0 Å². The van der Waals surface area contributed by atoms with Crippen LogP contribution in [0.5, 0.6) is 5.75 Å². The minimum atomic E-state index is -0.205. The molecule has 22 heavy (non-hydrogen) atoms. The molecule has 2 aromatic rings. The molecule has 0 saturated heterocycles. The quantitative estimate of drug-likeness (QED) is 0.526. The Morgan fingerprint density at radius 2 is 1.91 bits per heavy atom. The van der Waals surface area contributed by atoms with Crippen LogP contribution in [0.25, 0.3) is 11.6 Å². The first kappa shape index (κ1) is 15.3. The lowest BCUT2D eigenvalue weighted by Gasteiger charge is -2.12. The number of allylic oxidation sites excluding steroid dienone is 1. The maximum Gasteiger partial charge on any atom is 0.149 e. The maximum atomic E-state index is 10.4. The summed E-state index contributed by atoms with van der Waals surface area (Å²) in [6.45, 7) is 0. The molecule has 0 spiro atoms. The van der Waals surface area contributed by atoms with Gasteiger partial charge in [0.15, 0.2) is 0 Å². The number of phenolic OH excluding ortho intramolecular Hbond substituents is 1. The van der Waals surface area contributed by atoms with Crippen LogP contribution >= 0.6 is 0 Å². The lowest BCUT2D eigenvalue weighted by Crippen LogP contribution is -2.08. The topological polar surface area (TPSA) is 76.7 Å². The molecule has 0 amide bonds. The Kier molecular flexibility index (Phi) is 4.54. The van der Waals surface area contributed by atoms with Crippen LogP contribution in [0.1, 0.15) is 11.1 Å². The lowest BCUT2D eigenvalue weighted by molar-refractivity contribution is 0.476. The Morgan fingerprint density at radius 3 is 2.41 bits per heavy atom. The zero-order valence-electron chi connectivity index (χ0n) is 12.3. The second-order valence-electron chi connectivity index (χ2n) is 4.95. The number of hydrogen-bond acceptors (Lipinski definition) is 5. The Bertz CT molecular complexity index is 756. The molecule has 5 nitrogen and oxygen atoms in total. The summed E-state index contributed by atoms with van der Waals surface area (Å²) in [5.74, 6) is -0.205. The Labute approximate surface area is 128 Å². The first-order valence-corrected chi connectivity index (χ1v) is 6.61. The summed E-state index contributed by atoms with van der Waals surface area (Å²) in [5.41, 5.74) is 2.89. The van der Waals surface area contributed by atoms with E-state index in [1.54, 1.807) is 12.1 Å². The van der Waals surface area contributed by atoms with E-state index in [0.29, 0.717) is 11.1 Å². The molecule has 0 radical (unpaired) electrons. The predicted octanol–water partition coefficient (Wildman–Crippen LogP) is 3.92. The minimum Gasteiger partial charge on any atom is -0.506 e. The van der Waals surface area contributed by atoms with Crippen molar-refractivity contribution in [1.29, 1.82) is 5.26 Å². The molecule has 0 aliphatic rings. The smallest absolute Gasteiger partial charge is 0.149 e. The van der Waals surface area contributed by atoms with Gasteiger partial charge in [0.05, 0.1) is 11.6 Å². The second-order valence-corrected chi connectivity index (χ2v) is 4.95. The first-order chi connectivity index (χ1) is 10.5. The van der Waals surface area contributed by atoms with Crippen molar-refractivity contribution in [3.05, 3.63) is 58.5 Å². The molecule has 0 unspecified atom stereocenters. The van der Waals surface area contributed by atoms with Crippen molar-refractivity contribution in [3.63, 3.8) is 0 Å². The molecule has 2 rings (SSSR count). The average Bonchev–Trinajstić information content (AvgIpc) is 2.53. The fraction of sp³-hybridized carbons (Fsp3) is 0.118. The SMILES string of the molecule is CN(C)c1ccc(/C(C#N)=C/c2ccc(N=O)c(O)c2)cc1. The zero-order chi connectivity index (χ0) is 16.1. The first-order valence-electron chi connectivity index (χ1n) is 6.61. The average molecular weight is 293 g/mol. The molecule has 0 heterocycles. The van der Waals surface area contributed by atoms with Crippen LogP contribution in [0.15, 0.2) is 47.6 Å². The number of phenols is 1. The summed E-state index contributed by atoms with van der Waals surface area (Å²) in [6, 6.07) is 14.2. The summed E-state index contributed by atoms with van der Waals surface area (Å²) >= 11 is 0. The summed E-state index contributed by atoms with van der Waals surface area (Å²) in [7, 11) is 3.89. The van der Waals surface area contributed by atoms with Crippen molar-refractivity contribution in [2.24, 2.45) is 5.18 Å². The molecule has 0 saturated carbocycles. The number of nitrogens with zero attached hydrogens (tertiary/aromatic N) is 3. The number of benzene rings is 2. The molecule has 0 atom stereocenters. The molecule has 110 valence electrons. The monoisotopic (exact) mass is 293 g/mol. The third-order valence-corrected chi connectivity index (χ3v) is 3.22. The Hall–Kier alpha value is -3.13. The van der Waals surface area contributed by atoms with Crippen molar-refractivity contribution in [1.82, 2.24) is 0 Å². The molecule has 0 fully saturated rings. The number of nitriles is 1. The molecular formula is C17H15N3O2. The van der Waals surface area contributed by atoms with Crippen molar-refractivity contribution in [3.8, 4) is 11.8 Å². The van der Waals surface area contributed by atoms with Gasteiger partial charge >= 0.3 is 0 Å². The molecule has 0 aliphatic heterocycles. The number of aromatic hydroxyl groups is 1. The van der Waals surface area contributed by atoms with Crippen LogP contribution in [-0.2, 0) is 0 Å². The van der Waals surface area contributed by atoms with E-state index in [2.05, 4.69) is 11.2 Å². The molecule has 1 N–H and O–H groups in total. The van der Waals surface area contributed by atoms with Crippen LogP contribution in [0.4, 0.5) is 11.4 Å². The fourth-order valence-corrected chi connectivity index (χ4v) is 1.99. The number of rotatable bonds is 4. The van der Waals surface area contributed by atoms with E-state index in [9.17, 15) is 15.3 Å². The van der Waals surface area contributed by atoms with Gasteiger partial charge in [-0.05, 0) is 46.6 Å². The fourth-order valence-electron chi connectivity index (χ4n) is 1.99. The third-order valence-electron chi connectivity index (χ3n) is 3.22. The summed E-state index contributed by atoms with van der Waals surface area (Å²) in [4.78, 5) is 12.4. The molecule has 0 aliphatic carbocycles. The van der Waals surface area contributed by atoms with Crippen molar-refractivity contribution < 1.29 is 5.11 Å². The largest absolute Gasteiger partial charge is 0.506 e. The highest BCUT2D eigenvalue weighted by atomic mass is 16.3. The van der Waals surface area contributed by atoms with E-state index in [1.165, 1.54) is 12.1 Å². The number of hydrogen-bond donors (Lipinski definition) is 1. The Morgan fingerprint density at radius 1 is 1.23 bits per heavy atom. The Balaban J connectivity index is 2.37. The van der Waals surface area contributed by atoms with E-state index in [1.807, 2.05) is 43.3 Å². The minimum absolute atomic E-state index is 0.0222. The maximum absolute atomic E-state index is 10.4. The molecule has 0 bridgehead atoms.